The molecule has 1 fully saturated rings. The maximum atomic E-state index is 14.1. The Morgan fingerprint density at radius 2 is 1.70 bits per heavy atom. The maximum absolute atomic E-state index is 14.1. The first-order valence-electron chi connectivity index (χ1n) is 9.38. The lowest BCUT2D eigenvalue weighted by molar-refractivity contribution is 0.418. The highest BCUT2D eigenvalue weighted by atomic mass is 19.2. The molecule has 0 bridgehead atoms. The molecule has 2 heterocycles. The second kappa shape index (κ2) is 9.74. The molecule has 1 aromatic heterocycles. The van der Waals surface area contributed by atoms with E-state index in [0.717, 1.165) is 11.6 Å². The molecule has 6 heteroatoms. The monoisotopic (exact) mass is 379 g/mol. The van der Waals surface area contributed by atoms with Crippen molar-refractivity contribution in [1.82, 2.24) is 9.88 Å². The summed E-state index contributed by atoms with van der Waals surface area (Å²) in [6.07, 6.45) is 3.48. The van der Waals surface area contributed by atoms with Crippen molar-refractivity contribution in [3.63, 3.8) is 0 Å². The minimum atomic E-state index is -1.12. The smallest absolute Gasteiger partial charge is 0.164 e. The minimum Gasteiger partial charge on any atom is -0.384 e. The Kier molecular flexibility index (Phi) is 7.66. The predicted molar refractivity (Wildman–Crippen MR) is 103 cm³/mol. The lowest BCUT2D eigenvalue weighted by Gasteiger charge is -2.10. The van der Waals surface area contributed by atoms with Crippen LogP contribution in [0.4, 0.5) is 19.0 Å². The van der Waals surface area contributed by atoms with Crippen LogP contribution >= 0.6 is 0 Å². The van der Waals surface area contributed by atoms with Gasteiger partial charge in [-0.2, -0.15) is 0 Å². The van der Waals surface area contributed by atoms with Gasteiger partial charge in [0.1, 0.15) is 11.6 Å². The van der Waals surface area contributed by atoms with Crippen molar-refractivity contribution in [1.29, 1.82) is 0 Å². The number of aromatic nitrogens is 1. The van der Waals surface area contributed by atoms with Gasteiger partial charge in [0.25, 0.3) is 0 Å². The zero-order valence-electron chi connectivity index (χ0n) is 16.3. The van der Waals surface area contributed by atoms with Crippen LogP contribution in [0, 0.1) is 24.4 Å². The van der Waals surface area contributed by atoms with Gasteiger partial charge in [-0.15, -0.1) is 0 Å². The van der Waals surface area contributed by atoms with Gasteiger partial charge >= 0.3 is 0 Å². The van der Waals surface area contributed by atoms with E-state index in [1.165, 1.54) is 25.9 Å². The van der Waals surface area contributed by atoms with Gasteiger partial charge in [0.05, 0.1) is 0 Å². The highest BCUT2D eigenvalue weighted by Gasteiger charge is 2.18. The Hall–Kier alpha value is -2.08. The summed E-state index contributed by atoms with van der Waals surface area (Å²) in [5.41, 5.74) is 7.15. The van der Waals surface area contributed by atoms with E-state index in [1.807, 2.05) is 6.92 Å². The number of halogens is 3. The molecule has 0 spiro atoms. The van der Waals surface area contributed by atoms with Crippen LogP contribution in [0.1, 0.15) is 42.1 Å². The van der Waals surface area contributed by atoms with E-state index in [4.69, 9.17) is 5.73 Å². The molecule has 27 heavy (non-hydrogen) atoms. The number of likely N-dealkylation sites (tertiary alicyclic amines) is 1. The van der Waals surface area contributed by atoms with Gasteiger partial charge in [0, 0.05) is 11.3 Å². The molecule has 0 aliphatic carbocycles. The average molecular weight is 379 g/mol. The number of pyridine rings is 1. The molecule has 0 radical (unpaired) electrons. The second-order valence-corrected chi connectivity index (χ2v) is 7.05. The molecule has 2 aromatic rings. The highest BCUT2D eigenvalue weighted by Crippen LogP contribution is 2.22. The maximum Gasteiger partial charge on any atom is 0.164 e. The summed E-state index contributed by atoms with van der Waals surface area (Å²) in [7, 11) is 2.17. The first-order chi connectivity index (χ1) is 12.8. The molecule has 0 amide bonds. The van der Waals surface area contributed by atoms with Crippen LogP contribution in [0.2, 0.25) is 0 Å². The van der Waals surface area contributed by atoms with Crippen LogP contribution in [-0.2, 0) is 19.3 Å². The summed E-state index contributed by atoms with van der Waals surface area (Å²) in [4.78, 5) is 6.47. The summed E-state index contributed by atoms with van der Waals surface area (Å²) < 4.78 is 41.4. The van der Waals surface area contributed by atoms with Gasteiger partial charge in [-0.1, -0.05) is 6.92 Å². The molecule has 0 unspecified atom stereocenters. The summed E-state index contributed by atoms with van der Waals surface area (Å²) in [6, 6.07) is 4.42. The number of benzene rings is 1. The Morgan fingerprint density at radius 1 is 1.04 bits per heavy atom. The molecule has 1 aromatic carbocycles. The van der Waals surface area contributed by atoms with Gasteiger partial charge in [0.15, 0.2) is 11.6 Å². The minimum absolute atomic E-state index is 0.0400. The van der Waals surface area contributed by atoms with E-state index in [1.54, 1.807) is 19.1 Å². The first kappa shape index (κ1) is 21.2. The zero-order valence-corrected chi connectivity index (χ0v) is 16.3. The fourth-order valence-electron chi connectivity index (χ4n) is 3.22. The molecule has 0 atom stereocenters. The lowest BCUT2D eigenvalue weighted by Crippen LogP contribution is -2.10. The van der Waals surface area contributed by atoms with E-state index in [2.05, 4.69) is 16.9 Å². The number of nitrogen functional groups attached to an aromatic ring is 1. The number of hydrogen-bond acceptors (Lipinski definition) is 3. The van der Waals surface area contributed by atoms with Gasteiger partial charge in [0.2, 0.25) is 0 Å². The van der Waals surface area contributed by atoms with Crippen molar-refractivity contribution in [2.75, 3.05) is 25.9 Å². The Labute approximate surface area is 159 Å². The van der Waals surface area contributed by atoms with Gasteiger partial charge in [-0.25, -0.2) is 18.2 Å². The third kappa shape index (κ3) is 5.96. The lowest BCUT2D eigenvalue weighted by atomic mass is 10.0. The first-order valence-corrected chi connectivity index (χ1v) is 9.38. The van der Waals surface area contributed by atoms with Gasteiger partial charge in [-0.3, -0.25) is 0 Å². The van der Waals surface area contributed by atoms with E-state index in [9.17, 15) is 13.2 Å². The topological polar surface area (TPSA) is 42.1 Å². The number of rotatable bonds is 4. The van der Waals surface area contributed by atoms with Crippen molar-refractivity contribution in [2.24, 2.45) is 0 Å². The summed E-state index contributed by atoms with van der Waals surface area (Å²) in [5.74, 6) is -2.44. The van der Waals surface area contributed by atoms with Crippen molar-refractivity contribution >= 4 is 5.82 Å². The molecule has 1 saturated heterocycles. The van der Waals surface area contributed by atoms with Crippen molar-refractivity contribution in [3.8, 4) is 0 Å². The predicted octanol–water partition coefficient (Wildman–Crippen LogP) is 4.45. The van der Waals surface area contributed by atoms with Crippen LogP contribution in [0.5, 0.6) is 0 Å². The summed E-state index contributed by atoms with van der Waals surface area (Å²) in [6.45, 7) is 6.20. The van der Waals surface area contributed by atoms with Gasteiger partial charge in [-0.05, 0) is 88.5 Å². The Bertz CT molecular complexity index is 752. The van der Waals surface area contributed by atoms with Crippen molar-refractivity contribution in [3.05, 3.63) is 58.0 Å². The molecular weight excluding hydrogens is 351 g/mol. The number of anilines is 1. The van der Waals surface area contributed by atoms with Crippen molar-refractivity contribution in [2.45, 2.75) is 46.0 Å². The zero-order chi connectivity index (χ0) is 20.0. The van der Waals surface area contributed by atoms with Crippen molar-refractivity contribution < 1.29 is 13.2 Å². The molecule has 1 aliphatic heterocycles. The normalized spacial score (nSPS) is 14.1. The number of aryl methyl sites for hydroxylation is 3. The number of hydrogen-bond donors (Lipinski definition) is 1. The van der Waals surface area contributed by atoms with Crippen LogP contribution in [0.25, 0.3) is 0 Å². The molecule has 1 aliphatic rings. The Balaban J connectivity index is 0.000000369. The van der Waals surface area contributed by atoms with Crippen LogP contribution in [-0.4, -0.2) is 30.0 Å². The molecule has 0 saturated carbocycles. The van der Waals surface area contributed by atoms with Gasteiger partial charge < -0.3 is 10.6 Å². The Morgan fingerprint density at radius 3 is 2.22 bits per heavy atom. The van der Waals surface area contributed by atoms with E-state index in [-0.39, 0.29) is 17.5 Å². The molecular formula is C21H28F3N3. The molecule has 2 N–H and O–H groups in total. The highest BCUT2D eigenvalue weighted by molar-refractivity contribution is 5.35. The SMILES string of the molecule is CCc1cc(F)c(F)c(CCc2cc(C)cc(N)n2)c1F.CN1CCCC1. The third-order valence-electron chi connectivity index (χ3n) is 4.71. The van der Waals surface area contributed by atoms with E-state index >= 15 is 0 Å². The average Bonchev–Trinajstić information content (AvgIpc) is 3.09. The number of nitrogens with zero attached hydrogens (tertiary/aromatic N) is 2. The molecule has 148 valence electrons. The molecule has 3 nitrogen and oxygen atoms in total. The van der Waals surface area contributed by atoms with Crippen LogP contribution in [0.3, 0.4) is 0 Å². The molecule has 3 rings (SSSR count). The fourth-order valence-corrected chi connectivity index (χ4v) is 3.22. The standard InChI is InChI=1S/C16H17F3N2.C5H11N/c1-3-10-8-13(17)16(19)12(15(10)18)5-4-11-6-9(2)7-14(20)21-11;1-6-4-2-3-5-6/h6-8H,3-5H2,1-2H3,(H2,20,21);2-5H2,1H3. The van der Waals surface area contributed by atoms with Crippen LogP contribution in [0.15, 0.2) is 18.2 Å². The van der Waals surface area contributed by atoms with E-state index in [0.29, 0.717) is 24.4 Å². The van der Waals surface area contributed by atoms with E-state index < -0.39 is 17.5 Å². The summed E-state index contributed by atoms with van der Waals surface area (Å²) in [5, 5.41) is 0. The van der Waals surface area contributed by atoms with Crippen LogP contribution < -0.4 is 5.73 Å². The summed E-state index contributed by atoms with van der Waals surface area (Å²) >= 11 is 0. The largest absolute Gasteiger partial charge is 0.384 e. The second-order valence-electron chi connectivity index (χ2n) is 7.05. The third-order valence-corrected chi connectivity index (χ3v) is 4.71. The number of nitrogens with two attached hydrogens (primary N) is 1. The quantitative estimate of drug-likeness (QED) is 0.798. The fraction of sp³-hybridized carbons (Fsp3) is 0.476.